The zero-order valence-corrected chi connectivity index (χ0v) is 14.2. The Balaban J connectivity index is 2.08. The largest absolute Gasteiger partial charge is 0.346 e. The Bertz CT molecular complexity index is 634. The molecule has 2 aromatic carbocycles. The van der Waals surface area contributed by atoms with E-state index >= 15 is 0 Å². The van der Waals surface area contributed by atoms with Crippen molar-refractivity contribution in [3.8, 4) is 0 Å². The van der Waals surface area contributed by atoms with E-state index in [1.54, 1.807) is 0 Å². The van der Waals surface area contributed by atoms with E-state index in [-0.39, 0.29) is 11.9 Å². The van der Waals surface area contributed by atoms with Crippen molar-refractivity contribution in [2.24, 2.45) is 0 Å². The summed E-state index contributed by atoms with van der Waals surface area (Å²) < 4.78 is 0. The number of rotatable bonds is 7. The Morgan fingerprint density at radius 1 is 1.09 bits per heavy atom. The molecule has 0 aromatic heterocycles. The van der Waals surface area contributed by atoms with Crippen molar-refractivity contribution < 1.29 is 4.79 Å². The first-order valence-corrected chi connectivity index (χ1v) is 8.28. The summed E-state index contributed by atoms with van der Waals surface area (Å²) in [5.74, 6) is -0.0104. The molecule has 0 fully saturated rings. The van der Waals surface area contributed by atoms with Crippen LogP contribution in [0.5, 0.6) is 0 Å². The van der Waals surface area contributed by atoms with Crippen LogP contribution in [-0.4, -0.2) is 19.5 Å². The monoisotopic (exact) mass is 310 g/mol. The molecule has 1 unspecified atom stereocenters. The first kappa shape index (κ1) is 17.2. The predicted molar refractivity (Wildman–Crippen MR) is 95.8 cm³/mol. The highest BCUT2D eigenvalue weighted by Crippen LogP contribution is 2.16. The van der Waals surface area contributed by atoms with E-state index in [2.05, 4.69) is 41.8 Å². The van der Waals surface area contributed by atoms with Gasteiger partial charge in [0.2, 0.25) is 0 Å². The van der Waals surface area contributed by atoms with Crippen LogP contribution in [0.1, 0.15) is 46.9 Å². The number of nitrogens with one attached hydrogen (secondary N) is 2. The highest BCUT2D eigenvalue weighted by Gasteiger charge is 2.14. The molecule has 0 aliphatic carbocycles. The molecule has 0 radical (unpaired) electrons. The quantitative estimate of drug-likeness (QED) is 0.822. The summed E-state index contributed by atoms with van der Waals surface area (Å²) in [6.45, 7) is 5.02. The maximum Gasteiger partial charge on any atom is 0.252 e. The van der Waals surface area contributed by atoms with Crippen molar-refractivity contribution in [1.82, 2.24) is 10.6 Å². The lowest BCUT2D eigenvalue weighted by atomic mass is 10.0. The molecular weight excluding hydrogens is 284 g/mol. The molecule has 0 aliphatic heterocycles. The third-order valence-corrected chi connectivity index (χ3v) is 4.14. The third kappa shape index (κ3) is 4.67. The van der Waals surface area contributed by atoms with Gasteiger partial charge in [-0.05, 0) is 56.1 Å². The van der Waals surface area contributed by atoms with Crippen LogP contribution in [0.3, 0.4) is 0 Å². The summed E-state index contributed by atoms with van der Waals surface area (Å²) in [4.78, 5) is 12.6. The van der Waals surface area contributed by atoms with Gasteiger partial charge in [-0.1, -0.05) is 49.4 Å². The van der Waals surface area contributed by atoms with E-state index in [1.165, 1.54) is 5.56 Å². The van der Waals surface area contributed by atoms with Gasteiger partial charge in [-0.2, -0.15) is 0 Å². The van der Waals surface area contributed by atoms with Crippen LogP contribution >= 0.6 is 0 Å². The average molecular weight is 310 g/mol. The molecule has 3 nitrogen and oxygen atoms in total. The molecule has 0 bridgehead atoms. The predicted octanol–water partition coefficient (Wildman–Crippen LogP) is 3.50. The second kappa shape index (κ2) is 8.49. The zero-order valence-electron chi connectivity index (χ0n) is 14.2. The fourth-order valence-corrected chi connectivity index (χ4v) is 2.62. The summed E-state index contributed by atoms with van der Waals surface area (Å²) >= 11 is 0. The Morgan fingerprint density at radius 3 is 2.43 bits per heavy atom. The minimum absolute atomic E-state index is 0.00855. The molecule has 1 amide bonds. The second-order valence-corrected chi connectivity index (χ2v) is 5.80. The van der Waals surface area contributed by atoms with Gasteiger partial charge < -0.3 is 10.6 Å². The molecule has 0 heterocycles. The molecule has 2 rings (SSSR count). The van der Waals surface area contributed by atoms with E-state index in [0.717, 1.165) is 36.1 Å². The molecule has 0 saturated heterocycles. The zero-order chi connectivity index (χ0) is 16.7. The summed E-state index contributed by atoms with van der Waals surface area (Å²) in [7, 11) is 1.92. The molecule has 0 aliphatic rings. The number of amides is 1. The maximum atomic E-state index is 12.6. The van der Waals surface area contributed by atoms with Crippen molar-refractivity contribution in [1.29, 1.82) is 0 Å². The smallest absolute Gasteiger partial charge is 0.252 e. The van der Waals surface area contributed by atoms with Crippen LogP contribution in [0.4, 0.5) is 0 Å². The topological polar surface area (TPSA) is 41.1 Å². The van der Waals surface area contributed by atoms with Gasteiger partial charge >= 0.3 is 0 Å². The molecular formula is C20H26N2O. The van der Waals surface area contributed by atoms with Gasteiger partial charge in [-0.15, -0.1) is 0 Å². The highest BCUT2D eigenvalue weighted by atomic mass is 16.1. The summed E-state index contributed by atoms with van der Waals surface area (Å²) in [6, 6.07) is 16.2. The number of aryl methyl sites for hydroxylation is 1. The lowest BCUT2D eigenvalue weighted by Gasteiger charge is -2.16. The van der Waals surface area contributed by atoms with Gasteiger partial charge in [0, 0.05) is 5.56 Å². The van der Waals surface area contributed by atoms with Crippen molar-refractivity contribution in [2.75, 3.05) is 13.6 Å². The van der Waals surface area contributed by atoms with Crippen LogP contribution in [0.2, 0.25) is 0 Å². The minimum Gasteiger partial charge on any atom is -0.346 e. The molecule has 23 heavy (non-hydrogen) atoms. The SMILES string of the molecule is CCc1ccc(C(C)NC(=O)c2ccccc2CCNC)cc1. The van der Waals surface area contributed by atoms with Crippen molar-refractivity contribution >= 4 is 5.91 Å². The number of hydrogen-bond acceptors (Lipinski definition) is 2. The van der Waals surface area contributed by atoms with Gasteiger partial charge in [0.1, 0.15) is 0 Å². The minimum atomic E-state index is -0.0104. The molecule has 122 valence electrons. The van der Waals surface area contributed by atoms with Crippen molar-refractivity contribution in [3.63, 3.8) is 0 Å². The van der Waals surface area contributed by atoms with E-state index < -0.39 is 0 Å². The number of carbonyl (C=O) groups excluding carboxylic acids is 1. The number of carbonyl (C=O) groups is 1. The summed E-state index contributed by atoms with van der Waals surface area (Å²) in [5, 5.41) is 6.24. The first-order chi connectivity index (χ1) is 11.2. The Kier molecular flexibility index (Phi) is 6.36. The molecule has 3 heteroatoms. The third-order valence-electron chi connectivity index (χ3n) is 4.14. The summed E-state index contributed by atoms with van der Waals surface area (Å²) in [5.41, 5.74) is 4.28. The molecule has 0 saturated carbocycles. The van der Waals surface area contributed by atoms with Crippen LogP contribution in [0.15, 0.2) is 48.5 Å². The summed E-state index contributed by atoms with van der Waals surface area (Å²) in [6.07, 6.45) is 1.87. The van der Waals surface area contributed by atoms with E-state index in [4.69, 9.17) is 0 Å². The second-order valence-electron chi connectivity index (χ2n) is 5.80. The van der Waals surface area contributed by atoms with Crippen LogP contribution in [-0.2, 0) is 12.8 Å². The fraction of sp³-hybridized carbons (Fsp3) is 0.350. The normalized spacial score (nSPS) is 12.0. The van der Waals surface area contributed by atoms with Crippen LogP contribution in [0.25, 0.3) is 0 Å². The van der Waals surface area contributed by atoms with E-state index in [9.17, 15) is 4.79 Å². The number of likely N-dealkylation sites (N-methyl/N-ethyl adjacent to an activating group) is 1. The number of hydrogen-bond donors (Lipinski definition) is 2. The lowest BCUT2D eigenvalue weighted by molar-refractivity contribution is 0.0939. The average Bonchev–Trinajstić information content (AvgIpc) is 2.60. The molecule has 2 aromatic rings. The van der Waals surface area contributed by atoms with Crippen molar-refractivity contribution in [3.05, 3.63) is 70.8 Å². The fourth-order valence-electron chi connectivity index (χ4n) is 2.62. The highest BCUT2D eigenvalue weighted by molar-refractivity contribution is 5.95. The molecule has 1 atom stereocenters. The molecule has 0 spiro atoms. The Labute approximate surface area is 139 Å². The van der Waals surface area contributed by atoms with Gasteiger partial charge in [0.05, 0.1) is 6.04 Å². The first-order valence-electron chi connectivity index (χ1n) is 8.28. The van der Waals surface area contributed by atoms with E-state index in [0.29, 0.717) is 0 Å². The standard InChI is InChI=1S/C20H26N2O/c1-4-16-9-11-17(12-10-16)15(2)22-20(23)19-8-6-5-7-18(19)13-14-21-3/h5-12,15,21H,4,13-14H2,1-3H3,(H,22,23). The lowest BCUT2D eigenvalue weighted by Crippen LogP contribution is -2.28. The van der Waals surface area contributed by atoms with Crippen LogP contribution < -0.4 is 10.6 Å². The molecule has 2 N–H and O–H groups in total. The van der Waals surface area contributed by atoms with E-state index in [1.807, 2.05) is 38.2 Å². The van der Waals surface area contributed by atoms with Gasteiger partial charge in [0.15, 0.2) is 0 Å². The maximum absolute atomic E-state index is 12.6. The van der Waals surface area contributed by atoms with Crippen molar-refractivity contribution in [2.45, 2.75) is 32.7 Å². The van der Waals surface area contributed by atoms with Gasteiger partial charge in [-0.3, -0.25) is 4.79 Å². The Morgan fingerprint density at radius 2 is 1.78 bits per heavy atom. The van der Waals surface area contributed by atoms with Gasteiger partial charge in [0.25, 0.3) is 5.91 Å². The number of benzene rings is 2. The Hall–Kier alpha value is -2.13. The van der Waals surface area contributed by atoms with Gasteiger partial charge in [-0.25, -0.2) is 0 Å². The van der Waals surface area contributed by atoms with Crippen LogP contribution in [0, 0.1) is 0 Å².